The third-order valence-electron chi connectivity index (χ3n) is 5.18. The molecule has 0 bridgehead atoms. The lowest BCUT2D eigenvalue weighted by atomic mass is 9.91. The third kappa shape index (κ3) is 4.30. The van der Waals surface area contributed by atoms with Crippen LogP contribution in [0.2, 0.25) is 0 Å². The lowest BCUT2D eigenvalue weighted by molar-refractivity contribution is 0.199. The van der Waals surface area contributed by atoms with E-state index in [-0.39, 0.29) is 0 Å². The Morgan fingerprint density at radius 1 is 1.32 bits per heavy atom. The van der Waals surface area contributed by atoms with Crippen LogP contribution < -0.4 is 0 Å². The zero-order chi connectivity index (χ0) is 17.8. The minimum absolute atomic E-state index is 0.478. The molecule has 0 radical (unpaired) electrons. The minimum atomic E-state index is -0.834. The molecule has 5 nitrogen and oxygen atoms in total. The Balaban J connectivity index is 1.56. The van der Waals surface area contributed by atoms with Crippen LogP contribution >= 0.6 is 0 Å². The number of rotatable bonds is 7. The van der Waals surface area contributed by atoms with Crippen molar-refractivity contribution in [3.63, 3.8) is 0 Å². The van der Waals surface area contributed by atoms with Crippen LogP contribution in [0.4, 0.5) is 0 Å². The number of aromatic nitrogens is 1. The van der Waals surface area contributed by atoms with Crippen molar-refractivity contribution in [3.05, 3.63) is 29.5 Å². The minimum Gasteiger partial charge on any atom is -0.356 e. The predicted octanol–water partition coefficient (Wildman–Crippen LogP) is 3.32. The number of likely N-dealkylation sites (N-methyl/N-ethyl adjacent to an activating group) is 1. The maximum atomic E-state index is 12.0. The zero-order valence-electron chi connectivity index (χ0n) is 15.5. The van der Waals surface area contributed by atoms with Gasteiger partial charge in [0.05, 0.1) is 16.7 Å². The summed E-state index contributed by atoms with van der Waals surface area (Å²) in [6, 6.07) is 6.27. The highest BCUT2D eigenvalue weighted by Gasteiger charge is 2.25. The molecule has 0 saturated carbocycles. The smallest absolute Gasteiger partial charge is 0.167 e. The molecule has 1 saturated heterocycles. The summed E-state index contributed by atoms with van der Waals surface area (Å²) in [7, 11) is -0.834. The summed E-state index contributed by atoms with van der Waals surface area (Å²) in [5, 5.41) is 5.54. The first-order chi connectivity index (χ1) is 12.1. The van der Waals surface area contributed by atoms with E-state index in [9.17, 15) is 4.21 Å². The summed E-state index contributed by atoms with van der Waals surface area (Å²) in [6.07, 6.45) is 2.22. The van der Waals surface area contributed by atoms with Crippen molar-refractivity contribution in [2.75, 3.05) is 38.5 Å². The maximum Gasteiger partial charge on any atom is 0.167 e. The number of likely N-dealkylation sites (tertiary alicyclic amines) is 1. The molecule has 1 aliphatic rings. The van der Waals surface area contributed by atoms with Gasteiger partial charge in [-0.2, -0.15) is 0 Å². The van der Waals surface area contributed by atoms with Gasteiger partial charge in [0.1, 0.15) is 0 Å². The Morgan fingerprint density at radius 2 is 2.08 bits per heavy atom. The molecule has 3 rings (SSSR count). The Hall–Kier alpha value is -1.24. The van der Waals surface area contributed by atoms with Crippen LogP contribution in [0.25, 0.3) is 11.0 Å². The predicted molar refractivity (Wildman–Crippen MR) is 103 cm³/mol. The van der Waals surface area contributed by atoms with E-state index in [1.807, 2.05) is 13.0 Å². The molecule has 138 valence electrons. The van der Waals surface area contributed by atoms with Crippen molar-refractivity contribution >= 4 is 22.0 Å². The van der Waals surface area contributed by atoms with Crippen molar-refractivity contribution in [1.29, 1.82) is 0 Å². The van der Waals surface area contributed by atoms with Gasteiger partial charge in [0.15, 0.2) is 5.58 Å². The second kappa shape index (κ2) is 8.43. The molecular formula is C19H29N3O2S. The van der Waals surface area contributed by atoms with Crippen molar-refractivity contribution in [2.24, 2.45) is 0 Å². The van der Waals surface area contributed by atoms with E-state index in [4.69, 9.17) is 4.52 Å². The van der Waals surface area contributed by atoms with Crippen LogP contribution in [-0.2, 0) is 11.0 Å². The molecule has 1 aromatic heterocycles. The molecule has 1 fully saturated rings. The lowest BCUT2D eigenvalue weighted by Gasteiger charge is -2.32. The molecule has 0 N–H and O–H groups in total. The van der Waals surface area contributed by atoms with Crippen LogP contribution in [0.3, 0.4) is 0 Å². The summed E-state index contributed by atoms with van der Waals surface area (Å²) < 4.78 is 19.6. The number of hydrogen-bond donors (Lipinski definition) is 0. The number of fused-ring (bicyclic) bond motifs is 1. The van der Waals surface area contributed by atoms with E-state index >= 15 is 0 Å². The lowest BCUT2D eigenvalue weighted by Crippen LogP contribution is -2.40. The van der Waals surface area contributed by atoms with Crippen molar-refractivity contribution in [2.45, 2.75) is 39.5 Å². The average molecular weight is 364 g/mol. The number of nitrogens with zero attached hydrogens (tertiary/aromatic N) is 3. The summed E-state index contributed by atoms with van der Waals surface area (Å²) in [6.45, 7) is 11.0. The van der Waals surface area contributed by atoms with E-state index in [1.54, 1.807) is 0 Å². The topological polar surface area (TPSA) is 49.6 Å². The normalized spacial score (nSPS) is 18.2. The molecule has 2 heterocycles. The summed E-state index contributed by atoms with van der Waals surface area (Å²) in [5.41, 5.74) is 3.27. The molecule has 6 heteroatoms. The summed E-state index contributed by atoms with van der Waals surface area (Å²) in [5.74, 6) is 1.18. The van der Waals surface area contributed by atoms with Crippen LogP contribution in [0.15, 0.2) is 22.7 Å². The molecule has 0 aliphatic carbocycles. The molecule has 1 aliphatic heterocycles. The Bertz CT molecular complexity index is 723. The van der Waals surface area contributed by atoms with Gasteiger partial charge in [-0.1, -0.05) is 30.6 Å². The highest BCUT2D eigenvalue weighted by molar-refractivity contribution is 7.82. The van der Waals surface area contributed by atoms with Crippen LogP contribution in [-0.4, -0.2) is 57.0 Å². The highest BCUT2D eigenvalue weighted by Crippen LogP contribution is 2.32. The van der Waals surface area contributed by atoms with Gasteiger partial charge in [-0.15, -0.1) is 0 Å². The first kappa shape index (κ1) is 18.5. The van der Waals surface area contributed by atoms with Gasteiger partial charge in [-0.05, 0) is 45.0 Å². The highest BCUT2D eigenvalue weighted by atomic mass is 32.2. The van der Waals surface area contributed by atoms with Gasteiger partial charge in [-0.3, -0.25) is 0 Å². The molecule has 1 aromatic carbocycles. The fourth-order valence-corrected chi connectivity index (χ4v) is 4.57. The SMILES string of the molecule is CCN(CCN1CCC(c2noc3ccc(C)cc23)CC1)S(=O)CC. The van der Waals surface area contributed by atoms with Crippen molar-refractivity contribution < 1.29 is 8.73 Å². The average Bonchev–Trinajstić information content (AvgIpc) is 3.05. The van der Waals surface area contributed by atoms with Gasteiger partial charge in [0, 0.05) is 36.7 Å². The number of piperidine rings is 1. The fourth-order valence-electron chi connectivity index (χ4n) is 3.64. The zero-order valence-corrected chi connectivity index (χ0v) is 16.3. The first-order valence-corrected chi connectivity index (χ1v) is 10.6. The van der Waals surface area contributed by atoms with E-state index in [1.165, 1.54) is 10.9 Å². The fraction of sp³-hybridized carbons (Fsp3) is 0.632. The van der Waals surface area contributed by atoms with Gasteiger partial charge in [-0.25, -0.2) is 8.51 Å². The monoisotopic (exact) mass is 363 g/mol. The molecule has 25 heavy (non-hydrogen) atoms. The van der Waals surface area contributed by atoms with Gasteiger partial charge in [0.25, 0.3) is 0 Å². The maximum absolute atomic E-state index is 12.0. The second-order valence-corrected chi connectivity index (χ2v) is 8.55. The molecule has 0 spiro atoms. The Kier molecular flexibility index (Phi) is 6.25. The third-order valence-corrected chi connectivity index (χ3v) is 6.69. The quantitative estimate of drug-likeness (QED) is 0.757. The van der Waals surface area contributed by atoms with Crippen LogP contribution in [0.5, 0.6) is 0 Å². The van der Waals surface area contributed by atoms with Gasteiger partial charge >= 0.3 is 0 Å². The number of benzene rings is 1. The molecular weight excluding hydrogens is 334 g/mol. The Morgan fingerprint density at radius 3 is 2.76 bits per heavy atom. The van der Waals surface area contributed by atoms with E-state index in [0.29, 0.717) is 11.7 Å². The first-order valence-electron chi connectivity index (χ1n) is 9.34. The van der Waals surface area contributed by atoms with E-state index < -0.39 is 11.0 Å². The Labute approximate surface area is 152 Å². The molecule has 0 amide bonds. The van der Waals surface area contributed by atoms with E-state index in [2.05, 4.69) is 40.3 Å². The standard InChI is InChI=1S/C19H29N3O2S/c1-4-22(25(23)5-2)13-12-21-10-8-16(9-11-21)19-17-14-15(3)6-7-18(17)24-20-19/h6-7,14,16H,4-5,8-13H2,1-3H3. The largest absolute Gasteiger partial charge is 0.356 e. The summed E-state index contributed by atoms with van der Waals surface area (Å²) >= 11 is 0. The molecule has 1 atom stereocenters. The second-order valence-electron chi connectivity index (χ2n) is 6.82. The van der Waals surface area contributed by atoms with Crippen molar-refractivity contribution in [1.82, 2.24) is 14.4 Å². The number of hydrogen-bond acceptors (Lipinski definition) is 4. The number of aryl methyl sites for hydroxylation is 1. The van der Waals surface area contributed by atoms with Gasteiger partial charge in [0.2, 0.25) is 0 Å². The van der Waals surface area contributed by atoms with Crippen LogP contribution in [0.1, 0.15) is 43.9 Å². The van der Waals surface area contributed by atoms with Crippen molar-refractivity contribution in [3.8, 4) is 0 Å². The van der Waals surface area contributed by atoms with Gasteiger partial charge < -0.3 is 9.42 Å². The molecule has 2 aromatic rings. The summed E-state index contributed by atoms with van der Waals surface area (Å²) in [4.78, 5) is 2.49. The molecule has 1 unspecified atom stereocenters. The van der Waals surface area contributed by atoms with Crippen LogP contribution in [0, 0.1) is 6.92 Å². The van der Waals surface area contributed by atoms with E-state index in [0.717, 1.165) is 56.8 Å².